The molecule has 0 fully saturated rings. The largest absolute Gasteiger partial charge is 0.493 e. The van der Waals surface area contributed by atoms with E-state index in [9.17, 15) is 4.79 Å². The van der Waals surface area contributed by atoms with Crippen LogP contribution in [-0.2, 0) is 11.3 Å². The topological polar surface area (TPSA) is 91.4 Å². The van der Waals surface area contributed by atoms with Gasteiger partial charge in [-0.25, -0.2) is 4.98 Å². The van der Waals surface area contributed by atoms with E-state index >= 15 is 0 Å². The first-order chi connectivity index (χ1) is 11.8. The lowest BCUT2D eigenvalue weighted by molar-refractivity contribution is 0.0882. The second kappa shape index (κ2) is 7.60. The first-order valence-corrected chi connectivity index (χ1v) is 7.53. The number of hydrogen-bond donors (Lipinski definition) is 1. The van der Waals surface area contributed by atoms with Gasteiger partial charge < -0.3 is 19.2 Å². The summed E-state index contributed by atoms with van der Waals surface area (Å²) in [5, 5.41) is 7.55. The summed E-state index contributed by atoms with van der Waals surface area (Å²) in [6, 6.07) is 7.20. The van der Waals surface area contributed by atoms with Crippen molar-refractivity contribution in [1.82, 2.24) is 20.1 Å². The van der Waals surface area contributed by atoms with Crippen molar-refractivity contribution in [3.8, 4) is 5.75 Å². The Morgan fingerprint density at radius 3 is 3.08 bits per heavy atom. The van der Waals surface area contributed by atoms with Crippen molar-refractivity contribution >= 4 is 16.9 Å². The van der Waals surface area contributed by atoms with Gasteiger partial charge >= 0.3 is 0 Å². The van der Waals surface area contributed by atoms with Gasteiger partial charge in [0.05, 0.1) is 26.9 Å². The van der Waals surface area contributed by atoms with Crippen LogP contribution >= 0.6 is 0 Å². The number of furan rings is 1. The Hall–Kier alpha value is -2.87. The van der Waals surface area contributed by atoms with Crippen molar-refractivity contribution < 1.29 is 18.7 Å². The number of amides is 1. The number of carbonyl (C=O) groups excluding carboxylic acids is 1. The summed E-state index contributed by atoms with van der Waals surface area (Å²) in [6.07, 6.45) is 3.10. The maximum atomic E-state index is 12.1. The highest BCUT2D eigenvalue weighted by Gasteiger charge is 2.14. The number of nitrogens with zero attached hydrogens (tertiary/aromatic N) is 3. The maximum Gasteiger partial charge on any atom is 0.287 e. The van der Waals surface area contributed by atoms with Gasteiger partial charge in [-0.1, -0.05) is 12.1 Å². The van der Waals surface area contributed by atoms with Gasteiger partial charge in [-0.2, -0.15) is 5.10 Å². The Morgan fingerprint density at radius 1 is 1.38 bits per heavy atom. The summed E-state index contributed by atoms with van der Waals surface area (Å²) < 4.78 is 17.9. The number of rotatable bonds is 8. The van der Waals surface area contributed by atoms with Crippen molar-refractivity contribution in [3.63, 3.8) is 0 Å². The van der Waals surface area contributed by atoms with Gasteiger partial charge in [0.25, 0.3) is 5.91 Å². The standard InChI is InChI=1S/C16H18N4O4/c1-22-13-4-2-3-12-9-14(24-15(12)13)16(21)18-5-7-23-8-6-20-11-17-10-19-20/h2-4,9-11H,5-8H2,1H3,(H,18,21). The fourth-order valence-corrected chi connectivity index (χ4v) is 2.24. The predicted octanol–water partition coefficient (Wildman–Crippen LogP) is 1.48. The van der Waals surface area contributed by atoms with Crippen LogP contribution in [0.4, 0.5) is 0 Å². The zero-order chi connectivity index (χ0) is 16.8. The van der Waals surface area contributed by atoms with Crippen molar-refractivity contribution in [1.29, 1.82) is 0 Å². The van der Waals surface area contributed by atoms with Crippen LogP contribution in [0.15, 0.2) is 41.3 Å². The Morgan fingerprint density at radius 2 is 2.29 bits per heavy atom. The van der Waals surface area contributed by atoms with Crippen LogP contribution in [-0.4, -0.2) is 47.5 Å². The smallest absolute Gasteiger partial charge is 0.287 e. The van der Waals surface area contributed by atoms with E-state index in [1.807, 2.05) is 12.1 Å². The number of carbonyl (C=O) groups is 1. The van der Waals surface area contributed by atoms with Gasteiger partial charge in [0.2, 0.25) is 0 Å². The van der Waals surface area contributed by atoms with E-state index in [0.717, 1.165) is 5.39 Å². The number of hydrogen-bond acceptors (Lipinski definition) is 6. The Balaban J connectivity index is 1.45. The van der Waals surface area contributed by atoms with Crippen molar-refractivity contribution in [2.45, 2.75) is 6.54 Å². The van der Waals surface area contributed by atoms with Gasteiger partial charge in [-0.15, -0.1) is 0 Å². The average Bonchev–Trinajstić information content (AvgIpc) is 3.26. The monoisotopic (exact) mass is 330 g/mol. The van der Waals surface area contributed by atoms with Crippen LogP contribution < -0.4 is 10.1 Å². The lowest BCUT2D eigenvalue weighted by atomic mass is 10.2. The lowest BCUT2D eigenvalue weighted by Crippen LogP contribution is -2.27. The van der Waals surface area contributed by atoms with Gasteiger partial charge in [-0.3, -0.25) is 9.48 Å². The molecule has 0 bridgehead atoms. The molecule has 1 N–H and O–H groups in total. The molecule has 2 aromatic heterocycles. The third kappa shape index (κ3) is 3.72. The molecule has 0 saturated carbocycles. The molecular formula is C16H18N4O4. The Kier molecular flexibility index (Phi) is 5.07. The molecule has 2 heterocycles. The fraction of sp³-hybridized carbons (Fsp3) is 0.312. The number of fused-ring (bicyclic) bond motifs is 1. The average molecular weight is 330 g/mol. The summed E-state index contributed by atoms with van der Waals surface area (Å²) in [5.74, 6) is 0.563. The number of benzene rings is 1. The molecule has 1 aromatic carbocycles. The minimum Gasteiger partial charge on any atom is -0.493 e. The van der Waals surface area contributed by atoms with Crippen molar-refractivity contribution in [2.75, 3.05) is 26.9 Å². The fourth-order valence-electron chi connectivity index (χ4n) is 2.24. The predicted molar refractivity (Wildman–Crippen MR) is 85.9 cm³/mol. The number of para-hydroxylation sites is 1. The highest BCUT2D eigenvalue weighted by Crippen LogP contribution is 2.28. The van der Waals surface area contributed by atoms with E-state index in [2.05, 4.69) is 15.4 Å². The van der Waals surface area contributed by atoms with Crippen LogP contribution in [0, 0.1) is 0 Å². The van der Waals surface area contributed by atoms with Gasteiger partial charge in [-0.05, 0) is 12.1 Å². The molecule has 0 aliphatic carbocycles. The molecule has 0 aliphatic heterocycles. The molecule has 1 amide bonds. The molecule has 3 aromatic rings. The second-order valence-electron chi connectivity index (χ2n) is 5.02. The molecule has 3 rings (SSSR count). The van der Waals surface area contributed by atoms with E-state index in [1.54, 1.807) is 30.3 Å². The zero-order valence-corrected chi connectivity index (χ0v) is 13.3. The Labute approximate surface area is 138 Å². The highest BCUT2D eigenvalue weighted by atomic mass is 16.5. The molecule has 0 atom stereocenters. The van der Waals surface area contributed by atoms with Crippen LogP contribution in [0.5, 0.6) is 5.75 Å². The number of nitrogens with one attached hydrogen (secondary N) is 1. The number of aromatic nitrogens is 3. The summed E-state index contributed by atoms with van der Waals surface area (Å²) in [6.45, 7) is 1.92. The second-order valence-corrected chi connectivity index (χ2v) is 5.02. The molecular weight excluding hydrogens is 312 g/mol. The summed E-state index contributed by atoms with van der Waals surface area (Å²) >= 11 is 0. The SMILES string of the molecule is COc1cccc2cc(C(=O)NCCOCCn3cncn3)oc12. The normalized spacial score (nSPS) is 10.9. The third-order valence-corrected chi connectivity index (χ3v) is 3.41. The molecule has 0 spiro atoms. The highest BCUT2D eigenvalue weighted by molar-refractivity contribution is 5.97. The zero-order valence-electron chi connectivity index (χ0n) is 13.3. The molecule has 8 nitrogen and oxygen atoms in total. The number of ether oxygens (including phenoxy) is 2. The van der Waals surface area contributed by atoms with E-state index < -0.39 is 0 Å². The van der Waals surface area contributed by atoms with Gasteiger partial charge in [0.1, 0.15) is 12.7 Å². The maximum absolute atomic E-state index is 12.1. The minimum absolute atomic E-state index is 0.247. The first-order valence-electron chi connectivity index (χ1n) is 7.53. The quantitative estimate of drug-likeness (QED) is 0.629. The van der Waals surface area contributed by atoms with E-state index in [4.69, 9.17) is 13.9 Å². The summed E-state index contributed by atoms with van der Waals surface area (Å²) in [4.78, 5) is 16.0. The van der Waals surface area contributed by atoms with Crippen LogP contribution in [0.25, 0.3) is 11.0 Å². The van der Waals surface area contributed by atoms with Crippen molar-refractivity contribution in [2.24, 2.45) is 0 Å². The van der Waals surface area contributed by atoms with Crippen LogP contribution in [0.1, 0.15) is 10.6 Å². The van der Waals surface area contributed by atoms with E-state index in [-0.39, 0.29) is 11.7 Å². The lowest BCUT2D eigenvalue weighted by Gasteiger charge is -2.05. The summed E-state index contributed by atoms with van der Waals surface area (Å²) in [7, 11) is 1.56. The van der Waals surface area contributed by atoms with E-state index in [0.29, 0.717) is 37.6 Å². The molecule has 0 saturated heterocycles. The van der Waals surface area contributed by atoms with Gasteiger partial charge in [0, 0.05) is 11.9 Å². The molecule has 8 heteroatoms. The third-order valence-electron chi connectivity index (χ3n) is 3.41. The molecule has 0 aliphatic rings. The minimum atomic E-state index is -0.284. The number of methoxy groups -OCH3 is 1. The van der Waals surface area contributed by atoms with Crippen LogP contribution in [0.2, 0.25) is 0 Å². The van der Waals surface area contributed by atoms with Crippen molar-refractivity contribution in [3.05, 3.63) is 42.7 Å². The van der Waals surface area contributed by atoms with Crippen LogP contribution in [0.3, 0.4) is 0 Å². The molecule has 0 unspecified atom stereocenters. The van der Waals surface area contributed by atoms with E-state index in [1.165, 1.54) is 6.33 Å². The first kappa shape index (κ1) is 16.0. The molecule has 24 heavy (non-hydrogen) atoms. The molecule has 126 valence electrons. The molecule has 0 radical (unpaired) electrons. The Bertz CT molecular complexity index is 798. The summed E-state index contributed by atoms with van der Waals surface area (Å²) in [5.41, 5.74) is 0.564. The van der Waals surface area contributed by atoms with Gasteiger partial charge in [0.15, 0.2) is 17.1 Å².